The highest BCUT2D eigenvalue weighted by Gasteiger charge is 2.56. The summed E-state index contributed by atoms with van der Waals surface area (Å²) in [7, 11) is 3.94. The lowest BCUT2D eigenvalue weighted by molar-refractivity contribution is -0.129. The van der Waals surface area contributed by atoms with E-state index in [1.807, 2.05) is 0 Å². The van der Waals surface area contributed by atoms with Gasteiger partial charge in [-0.3, -0.25) is 4.79 Å². The summed E-state index contributed by atoms with van der Waals surface area (Å²) >= 11 is 0. The van der Waals surface area contributed by atoms with E-state index in [1.165, 1.54) is 15.3 Å². The zero-order chi connectivity index (χ0) is 19.4. The van der Waals surface area contributed by atoms with Crippen LogP contribution in [0.5, 0.6) is 0 Å². The van der Waals surface area contributed by atoms with Crippen molar-refractivity contribution in [1.82, 2.24) is 5.32 Å². The van der Waals surface area contributed by atoms with Gasteiger partial charge < -0.3 is 5.32 Å². The fraction of sp³-hybridized carbons (Fsp3) is 0.500. The van der Waals surface area contributed by atoms with Gasteiger partial charge in [-0.05, 0) is 35.3 Å². The molecule has 0 radical (unpaired) electrons. The topological polar surface area (TPSA) is 29.1 Å². The first-order chi connectivity index (χ1) is 12.1. The second-order valence-electron chi connectivity index (χ2n) is 6.87. The Labute approximate surface area is 155 Å². The molecule has 1 aromatic rings. The Morgan fingerprint density at radius 1 is 1.23 bits per heavy atom. The number of hydrogen-bond acceptors (Lipinski definition) is 1. The van der Waals surface area contributed by atoms with E-state index in [-0.39, 0.29) is 12.8 Å². The molecule has 0 spiro atoms. The monoisotopic (exact) mass is 407 g/mol. The Balaban J connectivity index is 2.14. The van der Waals surface area contributed by atoms with Crippen LogP contribution in [-0.4, -0.2) is 24.5 Å². The van der Waals surface area contributed by atoms with Crippen LogP contribution in [0.1, 0.15) is 43.2 Å². The average Bonchev–Trinajstić information content (AvgIpc) is 2.50. The molecule has 1 aliphatic rings. The number of benzene rings is 1. The van der Waals surface area contributed by atoms with Gasteiger partial charge >= 0.3 is 0 Å². The Bertz CT molecular complexity index is 666. The molecule has 0 saturated heterocycles. The minimum Gasteiger partial charge on any atom is -0.359 e. The zero-order valence-electron chi connectivity index (χ0n) is 14.3. The lowest BCUT2D eigenvalue weighted by atomic mass is 9.59. The number of carbonyl (C=O) groups is 1. The Morgan fingerprint density at radius 3 is 2.46 bits per heavy atom. The molecule has 1 amide bonds. The van der Waals surface area contributed by atoms with Gasteiger partial charge in [0.2, 0.25) is 12.3 Å². The number of nitrogens with one attached hydrogen (secondary N) is 1. The number of alkyl halides is 4. The Hall–Kier alpha value is -0.990. The van der Waals surface area contributed by atoms with E-state index < -0.39 is 17.0 Å². The van der Waals surface area contributed by atoms with Crippen molar-refractivity contribution in [2.75, 3.05) is 6.54 Å². The first kappa shape index (κ1) is 21.3. The average molecular weight is 407 g/mol. The van der Waals surface area contributed by atoms with E-state index in [0.29, 0.717) is 30.2 Å². The van der Waals surface area contributed by atoms with Gasteiger partial charge in [0.1, 0.15) is 0 Å². The number of carbonyl (C=O) groups excluding carboxylic acids is 1. The molecule has 0 heterocycles. The van der Waals surface area contributed by atoms with Gasteiger partial charge in [0.05, 0.1) is 0 Å². The maximum atomic E-state index is 13.6. The van der Waals surface area contributed by atoms with Gasteiger partial charge in [-0.25, -0.2) is 8.78 Å². The zero-order valence-corrected chi connectivity index (χ0v) is 16.6. The maximum absolute atomic E-state index is 13.6. The van der Waals surface area contributed by atoms with Crippen molar-refractivity contribution in [3.8, 4) is 0 Å². The fourth-order valence-corrected chi connectivity index (χ4v) is 3.94. The van der Waals surface area contributed by atoms with E-state index in [2.05, 4.69) is 14.6 Å². The summed E-state index contributed by atoms with van der Waals surface area (Å²) in [5, 5.41) is 3.27. The predicted molar refractivity (Wildman–Crippen MR) is 103 cm³/mol. The number of rotatable bonds is 9. The van der Waals surface area contributed by atoms with Gasteiger partial charge in [-0.2, -0.15) is 8.78 Å². The van der Waals surface area contributed by atoms with Gasteiger partial charge in [-0.1, -0.05) is 39.9 Å². The van der Waals surface area contributed by atoms with Gasteiger partial charge in [0.25, 0.3) is 5.66 Å². The normalized spacial score (nSPS) is 18.5. The second kappa shape index (κ2) is 8.35. The van der Waals surface area contributed by atoms with Crippen LogP contribution in [0.15, 0.2) is 24.3 Å². The minimum atomic E-state index is -2.98. The highest BCUT2D eigenvalue weighted by Crippen LogP contribution is 2.56. The molecule has 1 aromatic carbocycles. The van der Waals surface area contributed by atoms with Crippen molar-refractivity contribution in [1.29, 1.82) is 0 Å². The third kappa shape index (κ3) is 5.76. The molecular weight excluding hydrogens is 384 g/mol. The first-order valence-corrected chi connectivity index (χ1v) is 9.53. The van der Waals surface area contributed by atoms with E-state index in [9.17, 15) is 22.4 Å². The molecular formula is C18H23F4NOP2. The van der Waals surface area contributed by atoms with Crippen molar-refractivity contribution < 1.29 is 22.4 Å². The number of amides is 1. The fourth-order valence-electron chi connectivity index (χ4n) is 3.47. The van der Waals surface area contributed by atoms with E-state index >= 15 is 0 Å². The molecule has 2 atom stereocenters. The van der Waals surface area contributed by atoms with Crippen LogP contribution in [0.2, 0.25) is 0 Å². The SMILES string of the molecule is O=CNCCCCC1(c2ccc(/C=C/C(F)(F)P)c(P)c2)CC(F)(F)C1. The van der Waals surface area contributed by atoms with Gasteiger partial charge in [-0.15, -0.1) is 9.24 Å². The van der Waals surface area contributed by atoms with E-state index in [4.69, 9.17) is 0 Å². The van der Waals surface area contributed by atoms with Crippen LogP contribution in [0.3, 0.4) is 0 Å². The number of allylic oxidation sites excluding steroid dienone is 1. The molecule has 0 aromatic heterocycles. The van der Waals surface area contributed by atoms with Crippen LogP contribution in [-0.2, 0) is 10.2 Å². The Kier molecular flexibility index (Phi) is 6.85. The number of hydrogen-bond donors (Lipinski definition) is 1. The molecule has 2 unspecified atom stereocenters. The van der Waals surface area contributed by atoms with Crippen LogP contribution in [0.4, 0.5) is 17.6 Å². The summed E-state index contributed by atoms with van der Waals surface area (Å²) in [5.41, 5.74) is -2.16. The van der Waals surface area contributed by atoms with Gasteiger partial charge in [0.15, 0.2) is 0 Å². The first-order valence-electron chi connectivity index (χ1n) is 8.38. The lowest BCUT2D eigenvalue weighted by Gasteiger charge is -2.48. The highest BCUT2D eigenvalue weighted by atomic mass is 31.0. The summed E-state index contributed by atoms with van der Waals surface area (Å²) in [4.78, 5) is 10.3. The van der Waals surface area contributed by atoms with Crippen LogP contribution in [0, 0.1) is 0 Å². The number of halogens is 4. The molecule has 26 heavy (non-hydrogen) atoms. The Morgan fingerprint density at radius 2 is 1.92 bits per heavy atom. The molecule has 8 heteroatoms. The van der Waals surface area contributed by atoms with Crippen LogP contribution in [0.25, 0.3) is 6.08 Å². The summed E-state index contributed by atoms with van der Waals surface area (Å²) in [6.07, 6.45) is 4.38. The highest BCUT2D eigenvalue weighted by molar-refractivity contribution is 7.27. The van der Waals surface area contributed by atoms with Crippen molar-refractivity contribution in [3.63, 3.8) is 0 Å². The largest absolute Gasteiger partial charge is 0.359 e. The third-order valence-corrected chi connectivity index (χ3v) is 5.38. The molecule has 2 rings (SSSR count). The van der Waals surface area contributed by atoms with Crippen molar-refractivity contribution in [2.24, 2.45) is 0 Å². The molecule has 2 nitrogen and oxygen atoms in total. The quantitative estimate of drug-likeness (QED) is 0.282. The summed E-state index contributed by atoms with van der Waals surface area (Å²) < 4.78 is 53.1. The van der Waals surface area contributed by atoms with E-state index in [1.54, 1.807) is 18.2 Å². The van der Waals surface area contributed by atoms with Crippen molar-refractivity contribution >= 4 is 36.3 Å². The standard InChI is InChI=1S/C18H23F4NOP2/c19-17(20)10-16(11-17,6-1-2-8-23-12-24)14-4-3-13(15(25)9-14)5-7-18(21,22)26/h3-5,7,9,12H,1-2,6,8,10-11,25-26H2,(H,23,24)/b7-5+. The van der Waals surface area contributed by atoms with Crippen LogP contribution >= 0.6 is 18.5 Å². The molecule has 1 saturated carbocycles. The second-order valence-corrected chi connectivity index (χ2v) is 8.26. The molecule has 144 valence electrons. The number of unbranched alkanes of at least 4 members (excludes halogenated alkanes) is 1. The molecule has 1 N–H and O–H groups in total. The molecule has 0 bridgehead atoms. The molecule has 1 aliphatic carbocycles. The third-order valence-electron chi connectivity index (χ3n) is 4.69. The van der Waals surface area contributed by atoms with Crippen molar-refractivity contribution in [3.05, 3.63) is 35.4 Å². The lowest BCUT2D eigenvalue weighted by Crippen LogP contribution is -2.49. The smallest absolute Gasteiger partial charge is 0.277 e. The van der Waals surface area contributed by atoms with Gasteiger partial charge in [0, 0.05) is 24.8 Å². The van der Waals surface area contributed by atoms with Crippen LogP contribution < -0.4 is 10.6 Å². The molecule has 0 aliphatic heterocycles. The minimum absolute atomic E-state index is 0.204. The summed E-state index contributed by atoms with van der Waals surface area (Å²) in [6, 6.07) is 5.24. The molecule has 1 fully saturated rings. The maximum Gasteiger partial charge on any atom is 0.277 e. The van der Waals surface area contributed by atoms with E-state index in [0.717, 1.165) is 24.5 Å². The van der Waals surface area contributed by atoms with Crippen molar-refractivity contribution in [2.45, 2.75) is 49.1 Å². The summed E-state index contributed by atoms with van der Waals surface area (Å²) in [5.74, 6) is -2.66. The summed E-state index contributed by atoms with van der Waals surface area (Å²) in [6.45, 7) is 0.526. The predicted octanol–water partition coefficient (Wildman–Crippen LogP) is 4.25.